The Bertz CT molecular complexity index is 486. The van der Waals surface area contributed by atoms with Gasteiger partial charge in [-0.1, -0.05) is 35.0 Å². The highest BCUT2D eigenvalue weighted by Gasteiger charge is 2.15. The van der Waals surface area contributed by atoms with Crippen LogP contribution in [0.4, 0.5) is 0 Å². The average Bonchev–Trinajstić information content (AvgIpc) is 2.67. The van der Waals surface area contributed by atoms with Gasteiger partial charge in [0, 0.05) is 5.56 Å². The zero-order valence-electron chi connectivity index (χ0n) is 8.15. The highest BCUT2D eigenvalue weighted by Crippen LogP contribution is 2.21. The van der Waals surface area contributed by atoms with Crippen LogP contribution < -0.4 is 5.73 Å². The van der Waals surface area contributed by atoms with E-state index in [4.69, 9.17) is 5.73 Å². The molecule has 1 radical (unpaired) electrons. The third-order valence-corrected chi connectivity index (χ3v) is 2.09. The number of nitrogens with two attached hydrogens (primary N) is 1. The summed E-state index contributed by atoms with van der Waals surface area (Å²) >= 11 is 0. The first-order valence-electron chi connectivity index (χ1n) is 4.42. The largest absolute Gasteiger partial charge is 0.365 e. The van der Waals surface area contributed by atoms with Crippen molar-refractivity contribution in [3.05, 3.63) is 41.7 Å². The molecule has 0 spiro atoms. The van der Waals surface area contributed by atoms with Crippen LogP contribution >= 0.6 is 0 Å². The minimum absolute atomic E-state index is 0.179. The second-order valence-corrected chi connectivity index (χ2v) is 3.24. The quantitative estimate of drug-likeness (QED) is 0.801. The van der Waals surface area contributed by atoms with Gasteiger partial charge in [0.1, 0.15) is 11.3 Å². The molecule has 0 bridgehead atoms. The fraction of sp³-hybridized carbons (Fsp3) is 0.0909. The molecule has 1 aromatic carbocycles. The van der Waals surface area contributed by atoms with Gasteiger partial charge in [0.25, 0.3) is 5.91 Å². The van der Waals surface area contributed by atoms with Gasteiger partial charge >= 0.3 is 0 Å². The highest BCUT2D eigenvalue weighted by atomic mass is 16.5. The van der Waals surface area contributed by atoms with Crippen LogP contribution in [0.15, 0.2) is 28.8 Å². The number of hydrogen-bond donors (Lipinski definition) is 1. The summed E-state index contributed by atoms with van der Waals surface area (Å²) in [5.41, 5.74) is 7.69. The maximum absolute atomic E-state index is 11.0. The Kier molecular flexibility index (Phi) is 2.25. The van der Waals surface area contributed by atoms with E-state index in [0.717, 1.165) is 11.1 Å². The number of aryl methyl sites for hydroxylation is 1. The van der Waals surface area contributed by atoms with Crippen LogP contribution in [-0.2, 0) is 0 Å². The van der Waals surface area contributed by atoms with Crippen LogP contribution in [0.2, 0.25) is 0 Å². The summed E-state index contributed by atoms with van der Waals surface area (Å²) in [6.45, 7) is 1.98. The van der Waals surface area contributed by atoms with Crippen molar-refractivity contribution in [2.75, 3.05) is 0 Å². The molecule has 0 unspecified atom stereocenters. The molecule has 4 heteroatoms. The van der Waals surface area contributed by atoms with Crippen LogP contribution in [-0.4, -0.2) is 11.1 Å². The lowest BCUT2D eigenvalue weighted by Crippen LogP contribution is -2.11. The molecule has 0 aliphatic heterocycles. The van der Waals surface area contributed by atoms with Crippen molar-refractivity contribution in [1.29, 1.82) is 0 Å². The molecule has 1 amide bonds. The van der Waals surface area contributed by atoms with Crippen LogP contribution in [0.1, 0.15) is 15.9 Å². The fourth-order valence-electron chi connectivity index (χ4n) is 1.28. The van der Waals surface area contributed by atoms with E-state index in [1.807, 2.05) is 31.2 Å². The Hall–Kier alpha value is -2.10. The van der Waals surface area contributed by atoms with Gasteiger partial charge in [-0.3, -0.25) is 4.79 Å². The second kappa shape index (κ2) is 3.57. The topological polar surface area (TPSA) is 69.1 Å². The van der Waals surface area contributed by atoms with E-state index >= 15 is 0 Å². The molecule has 1 aromatic heterocycles. The molecule has 4 nitrogen and oxygen atoms in total. The van der Waals surface area contributed by atoms with Gasteiger partial charge in [-0.2, -0.15) is 0 Å². The fourth-order valence-corrected chi connectivity index (χ4v) is 1.28. The molecular formula is C11H9N2O2. The number of nitrogens with zero attached hydrogens (tertiary/aromatic N) is 1. The summed E-state index contributed by atoms with van der Waals surface area (Å²) in [6, 6.07) is 7.56. The number of benzene rings is 1. The molecule has 75 valence electrons. The Morgan fingerprint density at radius 2 is 2.07 bits per heavy atom. The van der Waals surface area contributed by atoms with Crippen LogP contribution in [0.3, 0.4) is 0 Å². The first kappa shape index (κ1) is 9.45. The van der Waals surface area contributed by atoms with Gasteiger partial charge in [-0.05, 0) is 6.92 Å². The third-order valence-electron chi connectivity index (χ3n) is 2.09. The highest BCUT2D eigenvalue weighted by molar-refractivity contribution is 5.98. The lowest BCUT2D eigenvalue weighted by molar-refractivity contribution is 0.1000. The molecule has 0 atom stereocenters. The first-order chi connectivity index (χ1) is 7.18. The monoisotopic (exact) mass is 201 g/mol. The molecule has 0 fully saturated rings. The molecule has 2 N–H and O–H groups in total. The maximum atomic E-state index is 11.0. The van der Waals surface area contributed by atoms with Gasteiger partial charge in [-0.25, -0.2) is 0 Å². The van der Waals surface area contributed by atoms with Gasteiger partial charge in [0.2, 0.25) is 6.26 Å². The summed E-state index contributed by atoms with van der Waals surface area (Å²) in [5, 5.41) is 3.71. The Morgan fingerprint density at radius 1 is 1.40 bits per heavy atom. The summed E-state index contributed by atoms with van der Waals surface area (Å²) in [6.07, 6.45) is 2.36. The van der Waals surface area contributed by atoms with Gasteiger partial charge in [0.05, 0.1) is 0 Å². The number of amides is 1. The van der Waals surface area contributed by atoms with Crippen molar-refractivity contribution in [2.24, 2.45) is 5.73 Å². The SMILES string of the molecule is Cc1ccc(-c2no[c]c2C(N)=O)cc1. The van der Waals surface area contributed by atoms with Crippen molar-refractivity contribution in [2.45, 2.75) is 6.92 Å². The van der Waals surface area contributed by atoms with Crippen LogP contribution in [0.25, 0.3) is 11.3 Å². The molecule has 15 heavy (non-hydrogen) atoms. The molecule has 1 heterocycles. The first-order valence-corrected chi connectivity index (χ1v) is 4.42. The molecule has 2 rings (SSSR count). The van der Waals surface area contributed by atoms with Crippen molar-refractivity contribution >= 4 is 5.91 Å². The lowest BCUT2D eigenvalue weighted by Gasteiger charge is -1.98. The van der Waals surface area contributed by atoms with Crippen molar-refractivity contribution < 1.29 is 9.32 Å². The summed E-state index contributed by atoms with van der Waals surface area (Å²) < 4.78 is 4.62. The second-order valence-electron chi connectivity index (χ2n) is 3.24. The van der Waals surface area contributed by atoms with Crippen LogP contribution in [0, 0.1) is 13.2 Å². The minimum atomic E-state index is -0.591. The van der Waals surface area contributed by atoms with Gasteiger partial charge < -0.3 is 10.3 Å². The van der Waals surface area contributed by atoms with Gasteiger partial charge in [-0.15, -0.1) is 0 Å². The van der Waals surface area contributed by atoms with E-state index in [9.17, 15) is 4.79 Å². The Balaban J connectivity index is 2.49. The number of carbonyl (C=O) groups is 1. The molecule has 0 saturated heterocycles. The summed E-state index contributed by atoms with van der Waals surface area (Å²) in [5.74, 6) is -0.591. The summed E-state index contributed by atoms with van der Waals surface area (Å²) in [4.78, 5) is 11.0. The van der Waals surface area contributed by atoms with E-state index in [-0.39, 0.29) is 5.56 Å². The van der Waals surface area contributed by atoms with Gasteiger partial charge in [0.15, 0.2) is 0 Å². The standard InChI is InChI=1S/C11H9N2O2/c1-7-2-4-8(5-3-7)10-9(11(12)14)6-15-13-10/h2-5H,1H3,(H2,12,14). The third kappa shape index (κ3) is 1.74. The van der Waals surface area contributed by atoms with Crippen LogP contribution in [0.5, 0.6) is 0 Å². The normalized spacial score (nSPS) is 10.2. The number of primary amides is 1. The van der Waals surface area contributed by atoms with Crippen molar-refractivity contribution in [3.8, 4) is 11.3 Å². The molecule has 0 aliphatic carbocycles. The molecule has 0 aliphatic rings. The van der Waals surface area contributed by atoms with Crippen molar-refractivity contribution in [1.82, 2.24) is 5.16 Å². The zero-order chi connectivity index (χ0) is 10.8. The summed E-state index contributed by atoms with van der Waals surface area (Å²) in [7, 11) is 0. The number of rotatable bonds is 2. The average molecular weight is 201 g/mol. The Morgan fingerprint density at radius 3 is 2.67 bits per heavy atom. The zero-order valence-corrected chi connectivity index (χ0v) is 8.15. The number of hydrogen-bond acceptors (Lipinski definition) is 3. The molecular weight excluding hydrogens is 192 g/mol. The predicted octanol–water partition coefficient (Wildman–Crippen LogP) is 1.55. The molecule has 0 saturated carbocycles. The number of carbonyl (C=O) groups excluding carboxylic acids is 1. The van der Waals surface area contributed by atoms with E-state index in [1.54, 1.807) is 0 Å². The molecule has 2 aromatic rings. The smallest absolute Gasteiger partial charge is 0.255 e. The van der Waals surface area contributed by atoms with Crippen molar-refractivity contribution in [3.63, 3.8) is 0 Å². The van der Waals surface area contributed by atoms with E-state index in [0.29, 0.717) is 5.69 Å². The van der Waals surface area contributed by atoms with E-state index in [1.165, 1.54) is 0 Å². The minimum Gasteiger partial charge on any atom is -0.365 e. The maximum Gasteiger partial charge on any atom is 0.255 e. The predicted molar refractivity (Wildman–Crippen MR) is 54.0 cm³/mol. The number of aromatic nitrogens is 1. The lowest BCUT2D eigenvalue weighted by atomic mass is 10.1. The van der Waals surface area contributed by atoms with E-state index in [2.05, 4.69) is 15.9 Å². The Labute approximate surface area is 86.7 Å². The van der Waals surface area contributed by atoms with E-state index < -0.39 is 5.91 Å².